The molecule has 0 aliphatic heterocycles. The molecule has 0 aliphatic rings. The van der Waals surface area contributed by atoms with E-state index in [2.05, 4.69) is 5.32 Å². The van der Waals surface area contributed by atoms with Gasteiger partial charge in [0.25, 0.3) is 11.6 Å². The van der Waals surface area contributed by atoms with Gasteiger partial charge in [0.2, 0.25) is 0 Å². The summed E-state index contributed by atoms with van der Waals surface area (Å²) in [5, 5.41) is 13.0. The molecule has 0 heterocycles. The summed E-state index contributed by atoms with van der Waals surface area (Å²) in [6.07, 6.45) is -4.75. The maximum Gasteiger partial charge on any atom is 0.417 e. The zero-order valence-electron chi connectivity index (χ0n) is 15.3. The number of amides is 1. The van der Waals surface area contributed by atoms with Crippen LogP contribution in [0.25, 0.3) is 0 Å². The van der Waals surface area contributed by atoms with Crippen molar-refractivity contribution in [1.29, 1.82) is 0 Å². The Morgan fingerprint density at radius 3 is 2.21 bits per heavy atom. The van der Waals surface area contributed by atoms with Crippen molar-refractivity contribution in [1.82, 2.24) is 5.32 Å². The van der Waals surface area contributed by atoms with E-state index in [1.807, 2.05) is 0 Å². The van der Waals surface area contributed by atoms with E-state index in [0.717, 1.165) is 12.1 Å². The van der Waals surface area contributed by atoms with Gasteiger partial charge < -0.3 is 5.32 Å². The van der Waals surface area contributed by atoms with Crippen LogP contribution in [0.2, 0.25) is 5.02 Å². The molecule has 10 heteroatoms. The highest BCUT2D eigenvalue weighted by molar-refractivity contribution is 6.31. The normalized spacial score (nSPS) is 13.4. The Morgan fingerprint density at radius 2 is 1.69 bits per heavy atom. The van der Waals surface area contributed by atoms with Crippen molar-refractivity contribution in [2.24, 2.45) is 5.92 Å². The van der Waals surface area contributed by atoms with Crippen LogP contribution in [0, 0.1) is 16.0 Å². The number of carbonyl (C=O) groups is 2. The van der Waals surface area contributed by atoms with Crippen molar-refractivity contribution in [2.75, 3.05) is 0 Å². The van der Waals surface area contributed by atoms with Gasteiger partial charge in [-0.1, -0.05) is 18.5 Å². The lowest BCUT2D eigenvalue weighted by atomic mass is 9.93. The van der Waals surface area contributed by atoms with E-state index < -0.39 is 45.9 Å². The van der Waals surface area contributed by atoms with Gasteiger partial charge in [0.15, 0.2) is 5.78 Å². The first-order valence-electron chi connectivity index (χ1n) is 8.38. The van der Waals surface area contributed by atoms with Crippen LogP contribution in [-0.4, -0.2) is 22.7 Å². The average molecular weight is 429 g/mol. The Bertz CT molecular complexity index is 945. The minimum atomic E-state index is -4.75. The lowest BCUT2D eigenvalue weighted by molar-refractivity contribution is -0.384. The van der Waals surface area contributed by atoms with E-state index in [4.69, 9.17) is 11.6 Å². The molecule has 2 aromatic carbocycles. The zero-order chi connectivity index (χ0) is 21.9. The molecule has 0 radical (unpaired) electrons. The van der Waals surface area contributed by atoms with Crippen LogP contribution in [0.4, 0.5) is 18.9 Å². The molecule has 2 unspecified atom stereocenters. The second-order valence-electron chi connectivity index (χ2n) is 6.41. The molecule has 0 aromatic heterocycles. The van der Waals surface area contributed by atoms with Crippen LogP contribution < -0.4 is 5.32 Å². The molecule has 0 bridgehead atoms. The third-order valence-corrected chi connectivity index (χ3v) is 4.65. The number of rotatable bonds is 6. The van der Waals surface area contributed by atoms with Crippen LogP contribution in [0.3, 0.4) is 0 Å². The van der Waals surface area contributed by atoms with Crippen LogP contribution in [0.15, 0.2) is 42.5 Å². The third-order valence-electron chi connectivity index (χ3n) is 4.42. The lowest BCUT2D eigenvalue weighted by Crippen LogP contribution is -2.40. The second-order valence-corrected chi connectivity index (χ2v) is 6.84. The minimum Gasteiger partial charge on any atom is -0.349 e. The number of halogens is 4. The Hall–Kier alpha value is -2.94. The summed E-state index contributed by atoms with van der Waals surface area (Å²) in [6.45, 7) is 2.97. The van der Waals surface area contributed by atoms with Gasteiger partial charge in [-0.2, -0.15) is 13.2 Å². The fourth-order valence-corrected chi connectivity index (χ4v) is 2.77. The Kier molecular flexibility index (Phi) is 6.63. The van der Waals surface area contributed by atoms with E-state index in [-0.39, 0.29) is 16.3 Å². The topological polar surface area (TPSA) is 89.3 Å². The van der Waals surface area contributed by atoms with Gasteiger partial charge in [-0.05, 0) is 37.3 Å². The van der Waals surface area contributed by atoms with Crippen molar-refractivity contribution >= 4 is 29.0 Å². The van der Waals surface area contributed by atoms with Gasteiger partial charge in [0.1, 0.15) is 0 Å². The number of hydrogen-bond acceptors (Lipinski definition) is 4. The predicted octanol–water partition coefficient (Wildman–Crippen LogP) is 4.90. The molecular weight excluding hydrogens is 413 g/mol. The standard InChI is InChI=1S/C19H16ClF3N2O4/c1-10(17(26)12-3-6-14(7-4-12)25(28)29)11(2)24-18(27)15-9-13(20)5-8-16(15)19(21,22)23/h3-11H,1-2H3,(H,24,27). The smallest absolute Gasteiger partial charge is 0.349 e. The molecule has 0 saturated carbocycles. The molecule has 0 saturated heterocycles. The monoisotopic (exact) mass is 428 g/mol. The number of nitrogens with one attached hydrogen (secondary N) is 1. The number of ketones is 1. The number of hydrogen-bond donors (Lipinski definition) is 1. The molecule has 0 spiro atoms. The first kappa shape index (κ1) is 22.4. The minimum absolute atomic E-state index is 0.0363. The highest BCUT2D eigenvalue weighted by atomic mass is 35.5. The fraction of sp³-hybridized carbons (Fsp3) is 0.263. The van der Waals surface area contributed by atoms with Gasteiger partial charge in [-0.15, -0.1) is 0 Å². The van der Waals surface area contributed by atoms with Crippen molar-refractivity contribution in [3.8, 4) is 0 Å². The first-order chi connectivity index (χ1) is 13.4. The summed E-state index contributed by atoms with van der Waals surface area (Å²) in [6, 6.07) is 6.75. The van der Waals surface area contributed by atoms with Crippen LogP contribution in [0.5, 0.6) is 0 Å². The largest absolute Gasteiger partial charge is 0.417 e. The van der Waals surface area contributed by atoms with Crippen molar-refractivity contribution in [3.63, 3.8) is 0 Å². The highest BCUT2D eigenvalue weighted by Crippen LogP contribution is 2.33. The molecule has 0 fully saturated rings. The number of alkyl halides is 3. The van der Waals surface area contributed by atoms with Crippen molar-refractivity contribution in [2.45, 2.75) is 26.1 Å². The molecule has 2 atom stereocenters. The zero-order valence-corrected chi connectivity index (χ0v) is 16.0. The molecule has 154 valence electrons. The number of nitrogens with zero attached hydrogens (tertiary/aromatic N) is 1. The number of nitro groups is 1. The highest BCUT2D eigenvalue weighted by Gasteiger charge is 2.36. The maximum atomic E-state index is 13.2. The lowest BCUT2D eigenvalue weighted by Gasteiger charge is -2.21. The Morgan fingerprint density at radius 1 is 1.10 bits per heavy atom. The van der Waals surface area contributed by atoms with Crippen LogP contribution >= 0.6 is 11.6 Å². The Labute approximate surface area is 168 Å². The van der Waals surface area contributed by atoms with E-state index >= 15 is 0 Å². The molecule has 1 N–H and O–H groups in total. The molecule has 2 aromatic rings. The van der Waals surface area contributed by atoms with Crippen molar-refractivity contribution < 1.29 is 27.7 Å². The number of carbonyl (C=O) groups excluding carboxylic acids is 2. The number of Topliss-reactive ketones (excluding diaryl/α,β-unsaturated/α-hetero) is 1. The van der Waals surface area contributed by atoms with Gasteiger partial charge in [0.05, 0.1) is 16.1 Å². The fourth-order valence-electron chi connectivity index (χ4n) is 2.60. The molecule has 2 rings (SSSR count). The Balaban J connectivity index is 2.18. The first-order valence-corrected chi connectivity index (χ1v) is 8.76. The van der Waals surface area contributed by atoms with Gasteiger partial charge in [-0.3, -0.25) is 19.7 Å². The molecular formula is C19H16ClF3N2O4. The van der Waals surface area contributed by atoms with Gasteiger partial charge >= 0.3 is 6.18 Å². The number of non-ortho nitro benzene ring substituents is 1. The van der Waals surface area contributed by atoms with Gasteiger partial charge in [-0.25, -0.2) is 0 Å². The maximum absolute atomic E-state index is 13.2. The average Bonchev–Trinajstić information content (AvgIpc) is 2.65. The van der Waals surface area contributed by atoms with Crippen LogP contribution in [-0.2, 0) is 6.18 Å². The van der Waals surface area contributed by atoms with Crippen molar-refractivity contribution in [3.05, 3.63) is 74.3 Å². The summed E-state index contributed by atoms with van der Waals surface area (Å²) in [4.78, 5) is 35.0. The van der Waals surface area contributed by atoms with E-state index in [9.17, 15) is 32.9 Å². The molecule has 6 nitrogen and oxygen atoms in total. The van der Waals surface area contributed by atoms with Crippen LogP contribution in [0.1, 0.15) is 40.1 Å². The quantitative estimate of drug-likeness (QED) is 0.402. The molecule has 29 heavy (non-hydrogen) atoms. The third kappa shape index (κ3) is 5.32. The summed E-state index contributed by atoms with van der Waals surface area (Å²) < 4.78 is 39.5. The summed E-state index contributed by atoms with van der Waals surface area (Å²) >= 11 is 5.73. The molecule has 1 amide bonds. The van der Waals surface area contributed by atoms with Gasteiger partial charge in [0, 0.05) is 34.7 Å². The SMILES string of the molecule is CC(NC(=O)c1cc(Cl)ccc1C(F)(F)F)C(C)C(=O)c1ccc([N+](=O)[O-])cc1. The predicted molar refractivity (Wildman–Crippen MR) is 100.0 cm³/mol. The number of benzene rings is 2. The summed E-state index contributed by atoms with van der Waals surface area (Å²) in [5.41, 5.74) is -1.79. The van der Waals surface area contributed by atoms with E-state index in [1.165, 1.54) is 38.1 Å². The molecule has 0 aliphatic carbocycles. The second kappa shape index (κ2) is 8.60. The number of nitro benzene ring substituents is 1. The van der Waals surface area contributed by atoms with E-state index in [0.29, 0.717) is 6.07 Å². The van der Waals surface area contributed by atoms with E-state index in [1.54, 1.807) is 0 Å². The summed E-state index contributed by atoms with van der Waals surface area (Å²) in [7, 11) is 0. The summed E-state index contributed by atoms with van der Waals surface area (Å²) in [5.74, 6) is -2.24.